The van der Waals surface area contributed by atoms with Crippen molar-refractivity contribution in [2.45, 2.75) is 40.0 Å². The Morgan fingerprint density at radius 1 is 1.24 bits per heavy atom. The first-order valence-electron chi connectivity index (χ1n) is 11.9. The second-order valence-electron chi connectivity index (χ2n) is 9.17. The minimum absolute atomic E-state index is 0.253. The number of aryl methyl sites for hydroxylation is 2. The Morgan fingerprint density at radius 2 is 2.00 bits per heavy atom. The molecule has 2 aromatic heterocycles. The Kier molecular flexibility index (Phi) is 7.22. The smallest absolute Gasteiger partial charge is 0.278 e. The summed E-state index contributed by atoms with van der Waals surface area (Å²) in [5, 5.41) is 8.74. The summed E-state index contributed by atoms with van der Waals surface area (Å²) in [5.74, 6) is 1.55. The summed E-state index contributed by atoms with van der Waals surface area (Å²) >= 11 is 0. The average Bonchev–Trinajstić information content (AvgIpc) is 3.45. The van der Waals surface area contributed by atoms with Gasteiger partial charge >= 0.3 is 0 Å². The van der Waals surface area contributed by atoms with Crippen molar-refractivity contribution in [3.63, 3.8) is 0 Å². The van der Waals surface area contributed by atoms with E-state index in [0.29, 0.717) is 23.2 Å². The maximum absolute atomic E-state index is 11.6. The molecule has 0 spiro atoms. The molecule has 1 saturated heterocycles. The predicted octanol–water partition coefficient (Wildman–Crippen LogP) is 4.88. The molecule has 0 saturated carbocycles. The Bertz CT molecular complexity index is 1210. The van der Waals surface area contributed by atoms with Crippen molar-refractivity contribution >= 4 is 11.4 Å². The van der Waals surface area contributed by atoms with E-state index in [0.717, 1.165) is 61.3 Å². The third-order valence-corrected chi connectivity index (χ3v) is 6.71. The molecule has 1 aliphatic rings. The first-order chi connectivity index (χ1) is 16.4. The number of allylic oxidation sites excluding steroid dienone is 3. The van der Waals surface area contributed by atoms with Crippen LogP contribution in [0.3, 0.4) is 0 Å². The molecule has 0 unspecified atom stereocenters. The van der Waals surface area contributed by atoms with Gasteiger partial charge in [0, 0.05) is 25.1 Å². The minimum Gasteiger partial charge on any atom is -0.332 e. The fraction of sp³-hybridized carbons (Fsp3) is 0.407. The second-order valence-corrected chi connectivity index (χ2v) is 9.17. The number of rotatable bonds is 8. The van der Waals surface area contributed by atoms with Crippen molar-refractivity contribution in [3.05, 3.63) is 59.8 Å². The van der Waals surface area contributed by atoms with Gasteiger partial charge in [-0.15, -0.1) is 0 Å². The number of carbonyl (C=O) groups is 1. The van der Waals surface area contributed by atoms with Gasteiger partial charge in [-0.3, -0.25) is 9.48 Å². The van der Waals surface area contributed by atoms with Crippen molar-refractivity contribution in [1.29, 1.82) is 0 Å². The number of hydrogen-bond acceptors (Lipinski definition) is 6. The summed E-state index contributed by atoms with van der Waals surface area (Å²) < 4.78 is 7.35. The molecule has 1 fully saturated rings. The topological polar surface area (TPSA) is 77.1 Å². The number of carbonyl (C=O) groups excluding carboxylic acids is 1. The lowest BCUT2D eigenvalue weighted by molar-refractivity contribution is -0.122. The van der Waals surface area contributed by atoms with Crippen molar-refractivity contribution in [3.8, 4) is 23.0 Å². The summed E-state index contributed by atoms with van der Waals surface area (Å²) in [5.41, 5.74) is 6.05. The van der Waals surface area contributed by atoms with Crippen LogP contribution in [0, 0.1) is 12.8 Å². The van der Waals surface area contributed by atoms with Crippen LogP contribution >= 0.6 is 0 Å². The largest absolute Gasteiger partial charge is 0.332 e. The Morgan fingerprint density at radius 3 is 2.68 bits per heavy atom. The third kappa shape index (κ3) is 5.25. The monoisotopic (exact) mass is 459 g/mol. The lowest BCUT2D eigenvalue weighted by atomic mass is 9.93. The Balaban J connectivity index is 1.42. The number of nitrogens with zero attached hydrogens (tertiary/aromatic N) is 5. The van der Waals surface area contributed by atoms with Crippen LogP contribution in [0.2, 0.25) is 0 Å². The molecule has 1 aliphatic heterocycles. The molecule has 0 atom stereocenters. The van der Waals surface area contributed by atoms with Gasteiger partial charge in [0.15, 0.2) is 5.69 Å². The van der Waals surface area contributed by atoms with Gasteiger partial charge in [-0.2, -0.15) is 10.1 Å². The molecule has 178 valence electrons. The first-order valence-corrected chi connectivity index (χ1v) is 11.9. The van der Waals surface area contributed by atoms with Gasteiger partial charge in [-0.25, -0.2) is 0 Å². The van der Waals surface area contributed by atoms with E-state index < -0.39 is 0 Å². The molecule has 0 radical (unpaired) electrons. The van der Waals surface area contributed by atoms with Gasteiger partial charge in [-0.1, -0.05) is 42.1 Å². The van der Waals surface area contributed by atoms with Crippen molar-refractivity contribution in [1.82, 2.24) is 24.8 Å². The first kappa shape index (κ1) is 23.8. The molecule has 3 aromatic rings. The quantitative estimate of drug-likeness (QED) is 0.447. The third-order valence-electron chi connectivity index (χ3n) is 6.71. The highest BCUT2D eigenvalue weighted by Gasteiger charge is 2.22. The number of piperidine rings is 1. The molecule has 3 heterocycles. The summed E-state index contributed by atoms with van der Waals surface area (Å²) in [7, 11) is 1.89. The normalized spacial score (nSPS) is 15.6. The van der Waals surface area contributed by atoms with E-state index in [1.54, 1.807) is 17.7 Å². The summed E-state index contributed by atoms with van der Waals surface area (Å²) in [6.45, 7) is 12.6. The zero-order valence-electron chi connectivity index (χ0n) is 20.5. The standard InChI is InChI=1S/C27H33N5O2/c1-6-7-18(2)25-17-24(29-31(25)5)27-28-26(30-34-27)23-9-8-21(16-19(23)3)10-13-32-14-11-22(12-15-32)20(4)33/h6-9,16-17,22H,1,10-15H2,2-5H3. The van der Waals surface area contributed by atoms with Crippen LogP contribution in [-0.2, 0) is 18.3 Å². The molecular weight excluding hydrogens is 426 g/mol. The number of ketones is 1. The summed E-state index contributed by atoms with van der Waals surface area (Å²) in [6, 6.07) is 8.36. The van der Waals surface area contributed by atoms with E-state index in [-0.39, 0.29) is 5.92 Å². The average molecular weight is 460 g/mol. The molecule has 1 aromatic carbocycles. The fourth-order valence-corrected chi connectivity index (χ4v) is 4.62. The SMILES string of the molecule is C=CC=C(C)c1cc(-c2nc(-c3ccc(CCN4CCC(C(C)=O)CC4)cc3C)no2)nn1C. The highest BCUT2D eigenvalue weighted by molar-refractivity contribution is 5.78. The fourth-order valence-electron chi connectivity index (χ4n) is 4.62. The van der Waals surface area contributed by atoms with E-state index in [1.807, 2.05) is 26.1 Å². The zero-order chi connectivity index (χ0) is 24.2. The van der Waals surface area contributed by atoms with Crippen LogP contribution in [-0.4, -0.2) is 50.2 Å². The van der Waals surface area contributed by atoms with Crippen LogP contribution < -0.4 is 0 Å². The summed E-state index contributed by atoms with van der Waals surface area (Å²) in [4.78, 5) is 18.6. The van der Waals surface area contributed by atoms with Crippen LogP contribution in [0.1, 0.15) is 43.5 Å². The van der Waals surface area contributed by atoms with Gasteiger partial charge in [0.25, 0.3) is 5.89 Å². The molecule has 0 aliphatic carbocycles. The Labute approximate surface area is 201 Å². The molecule has 0 N–H and O–H groups in total. The van der Waals surface area contributed by atoms with Crippen molar-refractivity contribution < 1.29 is 9.32 Å². The number of likely N-dealkylation sites (tertiary alicyclic amines) is 1. The highest BCUT2D eigenvalue weighted by Crippen LogP contribution is 2.27. The van der Waals surface area contributed by atoms with Gasteiger partial charge in [0.2, 0.25) is 5.82 Å². The van der Waals surface area contributed by atoms with Crippen molar-refractivity contribution in [2.24, 2.45) is 13.0 Å². The van der Waals surface area contributed by atoms with Crippen LogP contribution in [0.15, 0.2) is 47.5 Å². The number of Topliss-reactive ketones (excluding diaryl/α,β-unsaturated/α-hetero) is 1. The van der Waals surface area contributed by atoms with E-state index >= 15 is 0 Å². The molecule has 0 bridgehead atoms. The van der Waals surface area contributed by atoms with Crippen LogP contribution in [0.4, 0.5) is 0 Å². The number of aromatic nitrogens is 4. The van der Waals surface area contributed by atoms with Gasteiger partial charge in [0.1, 0.15) is 5.78 Å². The lowest BCUT2D eigenvalue weighted by Gasteiger charge is -2.30. The van der Waals surface area contributed by atoms with Gasteiger partial charge < -0.3 is 9.42 Å². The maximum atomic E-state index is 11.6. The van der Waals surface area contributed by atoms with Crippen molar-refractivity contribution in [2.75, 3.05) is 19.6 Å². The molecular formula is C27H33N5O2. The number of hydrogen-bond donors (Lipinski definition) is 0. The van der Waals surface area contributed by atoms with E-state index in [1.165, 1.54) is 5.56 Å². The molecule has 7 nitrogen and oxygen atoms in total. The number of benzene rings is 1. The van der Waals surface area contributed by atoms with Gasteiger partial charge in [0.05, 0.1) is 5.69 Å². The zero-order valence-corrected chi connectivity index (χ0v) is 20.5. The summed E-state index contributed by atoms with van der Waals surface area (Å²) in [6.07, 6.45) is 6.65. The van der Waals surface area contributed by atoms with Gasteiger partial charge in [-0.05, 0) is 75.9 Å². The predicted molar refractivity (Wildman–Crippen MR) is 134 cm³/mol. The molecule has 0 amide bonds. The minimum atomic E-state index is 0.253. The van der Waals surface area contributed by atoms with Crippen LogP contribution in [0.5, 0.6) is 0 Å². The van der Waals surface area contributed by atoms with E-state index in [4.69, 9.17) is 4.52 Å². The lowest BCUT2D eigenvalue weighted by Crippen LogP contribution is -2.36. The second kappa shape index (κ2) is 10.3. The molecule has 7 heteroatoms. The Hall–Kier alpha value is -3.32. The molecule has 4 rings (SSSR count). The molecule has 34 heavy (non-hydrogen) atoms. The van der Waals surface area contributed by atoms with E-state index in [9.17, 15) is 4.79 Å². The van der Waals surface area contributed by atoms with Crippen LogP contribution in [0.25, 0.3) is 28.5 Å². The highest BCUT2D eigenvalue weighted by atomic mass is 16.5. The maximum Gasteiger partial charge on any atom is 0.278 e. The van der Waals surface area contributed by atoms with E-state index in [2.05, 4.69) is 51.8 Å².